The van der Waals surface area contributed by atoms with Gasteiger partial charge in [0.25, 0.3) is 0 Å². The van der Waals surface area contributed by atoms with Crippen LogP contribution in [0.4, 0.5) is 0 Å². The third-order valence-electron chi connectivity index (χ3n) is 3.60. The lowest BCUT2D eigenvalue weighted by atomic mass is 9.40. The Morgan fingerprint density at radius 2 is 1.83 bits per heavy atom. The Morgan fingerprint density at radius 3 is 2.17 bits per heavy atom. The molecule has 0 radical (unpaired) electrons. The van der Waals surface area contributed by atoms with Crippen LogP contribution >= 0.6 is 0 Å². The van der Waals surface area contributed by atoms with Crippen LogP contribution in [0.25, 0.3) is 0 Å². The molecule has 0 atom stereocenters. The number of hydrogen-bond donors (Lipinski definition) is 1. The van der Waals surface area contributed by atoms with Crippen molar-refractivity contribution >= 4 is 5.91 Å². The summed E-state index contributed by atoms with van der Waals surface area (Å²) in [5.41, 5.74) is -0.532. The van der Waals surface area contributed by atoms with E-state index in [1.807, 2.05) is 4.90 Å². The summed E-state index contributed by atoms with van der Waals surface area (Å²) in [5, 5.41) is 9.50. The highest BCUT2D eigenvalue weighted by Gasteiger charge is 2.71. The van der Waals surface area contributed by atoms with Crippen molar-refractivity contribution in [2.75, 3.05) is 13.1 Å². The first kappa shape index (κ1) is 6.89. The van der Waals surface area contributed by atoms with Crippen molar-refractivity contribution in [2.45, 2.75) is 31.3 Å². The molecule has 0 aromatic heterocycles. The Balaban J connectivity index is 1.71. The van der Waals surface area contributed by atoms with E-state index in [1.54, 1.807) is 0 Å². The van der Waals surface area contributed by atoms with E-state index in [0.29, 0.717) is 5.91 Å². The van der Waals surface area contributed by atoms with Crippen LogP contribution in [-0.4, -0.2) is 34.6 Å². The third-order valence-corrected chi connectivity index (χ3v) is 3.60. The summed E-state index contributed by atoms with van der Waals surface area (Å²) >= 11 is 0. The minimum Gasteiger partial charge on any atom is -0.390 e. The molecule has 66 valence electrons. The average molecular weight is 167 g/mol. The van der Waals surface area contributed by atoms with Crippen LogP contribution in [0.15, 0.2) is 0 Å². The van der Waals surface area contributed by atoms with Gasteiger partial charge in [-0.3, -0.25) is 4.79 Å². The Kier molecular flexibility index (Phi) is 0.971. The van der Waals surface area contributed by atoms with Crippen molar-refractivity contribution in [1.82, 2.24) is 4.90 Å². The van der Waals surface area contributed by atoms with E-state index in [2.05, 4.69) is 0 Å². The van der Waals surface area contributed by atoms with E-state index in [4.69, 9.17) is 0 Å². The normalized spacial score (nSPS) is 48.9. The van der Waals surface area contributed by atoms with E-state index in [9.17, 15) is 9.90 Å². The lowest BCUT2D eigenvalue weighted by Gasteiger charge is -2.67. The van der Waals surface area contributed by atoms with Gasteiger partial charge in [0.05, 0.1) is 11.0 Å². The number of hydrogen-bond acceptors (Lipinski definition) is 2. The fourth-order valence-corrected chi connectivity index (χ4v) is 2.82. The zero-order valence-corrected chi connectivity index (χ0v) is 7.05. The lowest BCUT2D eigenvalue weighted by Crippen LogP contribution is -2.73. The monoisotopic (exact) mass is 167 g/mol. The van der Waals surface area contributed by atoms with Gasteiger partial charge in [0.15, 0.2) is 0 Å². The molecule has 4 rings (SSSR count). The average Bonchev–Trinajstić information content (AvgIpc) is 1.74. The van der Waals surface area contributed by atoms with Crippen molar-refractivity contribution in [1.29, 1.82) is 0 Å². The van der Waals surface area contributed by atoms with Gasteiger partial charge in [-0.25, -0.2) is 0 Å². The summed E-state index contributed by atoms with van der Waals surface area (Å²) in [5.74, 6) is 0.310. The van der Waals surface area contributed by atoms with Crippen molar-refractivity contribution < 1.29 is 9.90 Å². The summed E-state index contributed by atoms with van der Waals surface area (Å²) in [4.78, 5) is 13.7. The van der Waals surface area contributed by atoms with E-state index >= 15 is 0 Å². The Morgan fingerprint density at radius 1 is 1.25 bits per heavy atom. The Labute approximate surface area is 71.4 Å². The van der Waals surface area contributed by atoms with Crippen LogP contribution in [0.2, 0.25) is 0 Å². The molecule has 12 heavy (non-hydrogen) atoms. The van der Waals surface area contributed by atoms with E-state index in [0.717, 1.165) is 38.8 Å². The second-order valence-corrected chi connectivity index (χ2v) is 4.68. The van der Waals surface area contributed by atoms with Gasteiger partial charge in [-0.1, -0.05) is 0 Å². The fraction of sp³-hybridized carbons (Fsp3) is 0.889. The number of nitrogens with zero attached hydrogens (tertiary/aromatic N) is 1. The van der Waals surface area contributed by atoms with E-state index in [1.165, 1.54) is 0 Å². The molecule has 0 unspecified atom stereocenters. The van der Waals surface area contributed by atoms with Crippen LogP contribution in [0.3, 0.4) is 0 Å². The molecule has 0 aromatic carbocycles. The molecule has 2 bridgehead atoms. The highest BCUT2D eigenvalue weighted by Crippen LogP contribution is 2.67. The Hall–Kier alpha value is -0.570. The SMILES string of the molecule is O=C(N1CCC1)C12CC(O)(C1)C2. The second kappa shape index (κ2) is 1.69. The first-order valence-corrected chi connectivity index (χ1v) is 4.66. The van der Waals surface area contributed by atoms with E-state index in [-0.39, 0.29) is 5.41 Å². The largest absolute Gasteiger partial charge is 0.390 e. The molecule has 4 fully saturated rings. The first-order valence-electron chi connectivity index (χ1n) is 4.66. The summed E-state index contributed by atoms with van der Waals surface area (Å²) in [7, 11) is 0. The van der Waals surface area contributed by atoms with Crippen molar-refractivity contribution in [3.05, 3.63) is 0 Å². The maximum atomic E-state index is 11.7. The summed E-state index contributed by atoms with van der Waals surface area (Å²) in [6, 6.07) is 0. The molecule has 3 aliphatic carbocycles. The van der Waals surface area contributed by atoms with Gasteiger partial charge in [-0.15, -0.1) is 0 Å². The minimum atomic E-state index is -0.430. The maximum Gasteiger partial charge on any atom is 0.229 e. The lowest BCUT2D eigenvalue weighted by molar-refractivity contribution is -0.257. The molecule has 1 heterocycles. The van der Waals surface area contributed by atoms with E-state index < -0.39 is 5.60 Å². The number of rotatable bonds is 1. The van der Waals surface area contributed by atoms with Crippen LogP contribution in [0.1, 0.15) is 25.7 Å². The van der Waals surface area contributed by atoms with Gasteiger partial charge in [0.1, 0.15) is 0 Å². The minimum absolute atomic E-state index is 0.102. The predicted molar refractivity (Wildman–Crippen MR) is 42.4 cm³/mol. The predicted octanol–water partition coefficient (Wildman–Crippen LogP) is 0.134. The fourth-order valence-electron chi connectivity index (χ4n) is 2.82. The van der Waals surface area contributed by atoms with Crippen LogP contribution < -0.4 is 0 Å². The van der Waals surface area contributed by atoms with Crippen LogP contribution in [-0.2, 0) is 4.79 Å². The Bertz CT molecular complexity index is 237. The van der Waals surface area contributed by atoms with Gasteiger partial charge in [0.2, 0.25) is 5.91 Å². The summed E-state index contributed by atoms with van der Waals surface area (Å²) in [6.07, 6.45) is 3.35. The molecule has 4 aliphatic rings. The van der Waals surface area contributed by atoms with Gasteiger partial charge in [-0.05, 0) is 25.7 Å². The molecular weight excluding hydrogens is 154 g/mol. The zero-order valence-electron chi connectivity index (χ0n) is 7.05. The molecule has 3 saturated carbocycles. The zero-order chi connectivity index (χ0) is 8.40. The molecule has 1 aliphatic heterocycles. The van der Waals surface area contributed by atoms with Crippen molar-refractivity contribution in [3.8, 4) is 0 Å². The topological polar surface area (TPSA) is 40.5 Å². The highest BCUT2D eigenvalue weighted by molar-refractivity contribution is 5.87. The van der Waals surface area contributed by atoms with Crippen molar-refractivity contribution in [2.24, 2.45) is 5.41 Å². The molecule has 0 spiro atoms. The van der Waals surface area contributed by atoms with Crippen LogP contribution in [0, 0.1) is 5.41 Å². The quantitative estimate of drug-likeness (QED) is 0.603. The number of aliphatic hydroxyl groups is 1. The second-order valence-electron chi connectivity index (χ2n) is 4.68. The number of carbonyl (C=O) groups excluding carboxylic acids is 1. The molecule has 0 aromatic rings. The number of likely N-dealkylation sites (tertiary alicyclic amines) is 1. The first-order chi connectivity index (χ1) is 5.64. The molecule has 1 N–H and O–H groups in total. The third kappa shape index (κ3) is 0.600. The maximum absolute atomic E-state index is 11.7. The van der Waals surface area contributed by atoms with Gasteiger partial charge in [0, 0.05) is 13.1 Å². The standard InChI is InChI=1S/C9H13NO2/c11-7(10-2-1-3-10)8-4-9(12,5-8)6-8/h12H,1-6H2. The molecule has 3 nitrogen and oxygen atoms in total. The molecular formula is C9H13NO2. The highest BCUT2D eigenvalue weighted by atomic mass is 16.3. The smallest absolute Gasteiger partial charge is 0.229 e. The van der Waals surface area contributed by atoms with Crippen molar-refractivity contribution in [3.63, 3.8) is 0 Å². The van der Waals surface area contributed by atoms with Gasteiger partial charge >= 0.3 is 0 Å². The summed E-state index contributed by atoms with van der Waals surface area (Å²) < 4.78 is 0. The molecule has 3 heteroatoms. The molecule has 1 amide bonds. The number of amides is 1. The van der Waals surface area contributed by atoms with Crippen LogP contribution in [0.5, 0.6) is 0 Å². The van der Waals surface area contributed by atoms with Gasteiger partial charge < -0.3 is 10.0 Å². The summed E-state index contributed by atoms with van der Waals surface area (Å²) in [6.45, 7) is 1.89. The van der Waals surface area contributed by atoms with Gasteiger partial charge in [-0.2, -0.15) is 0 Å². The molecule has 1 saturated heterocycles. The number of carbonyl (C=O) groups is 1.